The first-order chi connectivity index (χ1) is 7.11. The van der Waals surface area contributed by atoms with E-state index >= 15 is 0 Å². The van der Waals surface area contributed by atoms with Gasteiger partial charge in [-0.05, 0) is 19.3 Å². The summed E-state index contributed by atoms with van der Waals surface area (Å²) in [4.78, 5) is 23.3. The van der Waals surface area contributed by atoms with Crippen molar-refractivity contribution < 1.29 is 14.7 Å². The number of piperidine rings is 1. The van der Waals surface area contributed by atoms with Crippen molar-refractivity contribution in [3.05, 3.63) is 0 Å². The van der Waals surface area contributed by atoms with Crippen LogP contribution in [0.25, 0.3) is 0 Å². The summed E-state index contributed by atoms with van der Waals surface area (Å²) in [5, 5.41) is 8.63. The second kappa shape index (κ2) is 7.26. The predicted molar refractivity (Wildman–Crippen MR) is 58.6 cm³/mol. The van der Waals surface area contributed by atoms with Gasteiger partial charge in [-0.2, -0.15) is 0 Å². The van der Waals surface area contributed by atoms with Gasteiger partial charge in [0.1, 0.15) is 0 Å². The minimum Gasteiger partial charge on any atom is -0.481 e. The third-order valence-electron chi connectivity index (χ3n) is 2.44. The maximum atomic E-state index is 11.1. The fraction of sp³-hybridized carbons (Fsp3) is 0.818. The molecule has 0 aromatic carbocycles. The topological polar surface area (TPSA) is 57.6 Å². The molecule has 4 heteroatoms. The van der Waals surface area contributed by atoms with Crippen LogP contribution in [0.5, 0.6) is 0 Å². The van der Waals surface area contributed by atoms with Crippen LogP contribution in [-0.2, 0) is 9.59 Å². The zero-order valence-corrected chi connectivity index (χ0v) is 9.82. The molecule has 15 heavy (non-hydrogen) atoms. The van der Waals surface area contributed by atoms with Crippen molar-refractivity contribution in [2.75, 3.05) is 6.54 Å². The van der Waals surface area contributed by atoms with Crippen molar-refractivity contribution in [1.82, 2.24) is 4.90 Å². The first-order valence-electron chi connectivity index (χ1n) is 5.60. The van der Waals surface area contributed by atoms with E-state index in [0.29, 0.717) is 6.54 Å². The number of carboxylic acids is 1. The Kier molecular flexibility index (Phi) is 6.75. The Balaban J connectivity index is 0.000000921. The molecule has 0 saturated carbocycles. The molecular weight excluding hydrogens is 194 g/mol. The highest BCUT2D eigenvalue weighted by atomic mass is 16.4. The zero-order valence-electron chi connectivity index (χ0n) is 9.82. The molecule has 1 amide bonds. The van der Waals surface area contributed by atoms with Crippen LogP contribution in [0.4, 0.5) is 0 Å². The maximum absolute atomic E-state index is 11.1. The molecule has 0 spiro atoms. The highest BCUT2D eigenvalue weighted by Gasteiger charge is 2.25. The molecule has 1 aliphatic heterocycles. The van der Waals surface area contributed by atoms with Crippen LogP contribution >= 0.6 is 0 Å². The van der Waals surface area contributed by atoms with Gasteiger partial charge >= 0.3 is 5.97 Å². The first-order valence-corrected chi connectivity index (χ1v) is 5.60. The average molecular weight is 215 g/mol. The molecule has 1 saturated heterocycles. The molecule has 0 bridgehead atoms. The predicted octanol–water partition coefficient (Wildman–Crippen LogP) is 1.89. The molecule has 1 rings (SSSR count). The van der Waals surface area contributed by atoms with Crippen LogP contribution in [-0.4, -0.2) is 34.5 Å². The number of hydrogen-bond donors (Lipinski definition) is 1. The van der Waals surface area contributed by atoms with Gasteiger partial charge in [-0.1, -0.05) is 13.8 Å². The van der Waals surface area contributed by atoms with Crippen molar-refractivity contribution >= 4 is 11.9 Å². The second-order valence-electron chi connectivity index (χ2n) is 3.46. The summed E-state index contributed by atoms with van der Waals surface area (Å²) in [5.74, 6) is -0.830. The number of rotatable bonds is 2. The first kappa shape index (κ1) is 13.9. The fourth-order valence-corrected chi connectivity index (χ4v) is 1.83. The van der Waals surface area contributed by atoms with Gasteiger partial charge in [0.15, 0.2) is 0 Å². The summed E-state index contributed by atoms with van der Waals surface area (Å²) in [6, 6.07) is -0.0799. The van der Waals surface area contributed by atoms with Crippen LogP contribution in [0.1, 0.15) is 46.5 Å². The van der Waals surface area contributed by atoms with E-state index in [1.165, 1.54) is 6.92 Å². The average Bonchev–Trinajstić information content (AvgIpc) is 2.20. The molecular formula is C11H21NO3. The summed E-state index contributed by atoms with van der Waals surface area (Å²) in [5.41, 5.74) is 0. The molecule has 0 radical (unpaired) electrons. The zero-order chi connectivity index (χ0) is 11.8. The van der Waals surface area contributed by atoms with E-state index in [1.54, 1.807) is 4.90 Å². The van der Waals surface area contributed by atoms with Crippen LogP contribution in [0, 0.1) is 0 Å². The second-order valence-corrected chi connectivity index (χ2v) is 3.46. The Morgan fingerprint density at radius 3 is 2.40 bits per heavy atom. The molecule has 1 unspecified atom stereocenters. The normalized spacial score (nSPS) is 20.2. The number of carbonyl (C=O) groups excluding carboxylic acids is 1. The Hall–Kier alpha value is -1.06. The summed E-state index contributed by atoms with van der Waals surface area (Å²) in [6.07, 6.45) is 2.93. The van der Waals surface area contributed by atoms with Gasteiger partial charge in [0.2, 0.25) is 5.91 Å². The van der Waals surface area contributed by atoms with E-state index in [2.05, 4.69) is 0 Å². The minimum absolute atomic E-state index is 0.00838. The third-order valence-corrected chi connectivity index (χ3v) is 2.44. The number of amides is 1. The van der Waals surface area contributed by atoms with Gasteiger partial charge in [-0.25, -0.2) is 0 Å². The Bertz CT molecular complexity index is 216. The summed E-state index contributed by atoms with van der Waals surface area (Å²) in [7, 11) is 0. The van der Waals surface area contributed by atoms with Crippen molar-refractivity contribution in [2.24, 2.45) is 0 Å². The van der Waals surface area contributed by atoms with Crippen molar-refractivity contribution in [1.29, 1.82) is 0 Å². The lowest BCUT2D eigenvalue weighted by Gasteiger charge is -2.34. The molecule has 0 aromatic heterocycles. The lowest BCUT2D eigenvalue weighted by Crippen LogP contribution is -2.43. The Morgan fingerprint density at radius 2 is 1.93 bits per heavy atom. The number of nitrogens with zero attached hydrogens (tertiary/aromatic N) is 1. The highest BCUT2D eigenvalue weighted by Crippen LogP contribution is 2.19. The number of hydrogen-bond acceptors (Lipinski definition) is 2. The highest BCUT2D eigenvalue weighted by molar-refractivity contribution is 5.75. The van der Waals surface area contributed by atoms with Gasteiger partial charge in [-0.3, -0.25) is 9.59 Å². The van der Waals surface area contributed by atoms with Crippen LogP contribution in [0.3, 0.4) is 0 Å². The monoisotopic (exact) mass is 215 g/mol. The molecule has 4 nitrogen and oxygen atoms in total. The van der Waals surface area contributed by atoms with E-state index in [-0.39, 0.29) is 18.4 Å². The fourth-order valence-electron chi connectivity index (χ4n) is 1.83. The lowest BCUT2D eigenvalue weighted by atomic mass is 9.99. The van der Waals surface area contributed by atoms with E-state index in [4.69, 9.17) is 5.11 Å². The summed E-state index contributed by atoms with van der Waals surface area (Å²) < 4.78 is 0. The molecule has 1 heterocycles. The molecule has 1 N–H and O–H groups in total. The Labute approximate surface area is 91.3 Å². The molecule has 1 fully saturated rings. The van der Waals surface area contributed by atoms with Crippen LogP contribution in [0.2, 0.25) is 0 Å². The molecule has 1 aliphatic rings. The number of likely N-dealkylation sites (tertiary alicyclic amines) is 1. The molecule has 0 aliphatic carbocycles. The third kappa shape index (κ3) is 4.81. The van der Waals surface area contributed by atoms with Crippen LogP contribution in [0.15, 0.2) is 0 Å². The minimum atomic E-state index is -0.821. The van der Waals surface area contributed by atoms with Crippen molar-refractivity contribution in [3.8, 4) is 0 Å². The lowest BCUT2D eigenvalue weighted by molar-refractivity contribution is -0.141. The van der Waals surface area contributed by atoms with E-state index in [9.17, 15) is 9.59 Å². The molecule has 0 aromatic rings. The standard InChI is InChI=1S/C9H15NO3.C2H6/c1-7(11)10-5-3-2-4-8(10)6-9(12)13;1-2/h8H,2-6H2,1H3,(H,12,13);1-2H3. The van der Waals surface area contributed by atoms with Gasteiger partial charge < -0.3 is 10.0 Å². The van der Waals surface area contributed by atoms with Gasteiger partial charge in [0.25, 0.3) is 0 Å². The molecule has 88 valence electrons. The summed E-state index contributed by atoms with van der Waals surface area (Å²) in [6.45, 7) is 6.22. The Morgan fingerprint density at radius 1 is 1.33 bits per heavy atom. The molecule has 1 atom stereocenters. The maximum Gasteiger partial charge on any atom is 0.305 e. The smallest absolute Gasteiger partial charge is 0.305 e. The van der Waals surface area contributed by atoms with E-state index < -0.39 is 5.97 Å². The van der Waals surface area contributed by atoms with Crippen molar-refractivity contribution in [3.63, 3.8) is 0 Å². The van der Waals surface area contributed by atoms with Gasteiger partial charge in [0.05, 0.1) is 6.42 Å². The SMILES string of the molecule is CC.CC(=O)N1CCCCC1CC(=O)O. The largest absolute Gasteiger partial charge is 0.481 e. The van der Waals surface area contributed by atoms with E-state index in [0.717, 1.165) is 19.3 Å². The number of carbonyl (C=O) groups is 2. The number of aliphatic carboxylic acids is 1. The quantitative estimate of drug-likeness (QED) is 0.765. The van der Waals surface area contributed by atoms with Gasteiger partial charge in [0, 0.05) is 19.5 Å². The number of carboxylic acid groups (broad SMARTS) is 1. The summed E-state index contributed by atoms with van der Waals surface area (Å²) >= 11 is 0. The van der Waals surface area contributed by atoms with E-state index in [1.807, 2.05) is 13.8 Å². The van der Waals surface area contributed by atoms with Crippen LogP contribution < -0.4 is 0 Å². The van der Waals surface area contributed by atoms with Crippen molar-refractivity contribution in [2.45, 2.75) is 52.5 Å². The van der Waals surface area contributed by atoms with Gasteiger partial charge in [-0.15, -0.1) is 0 Å².